The Hall–Kier alpha value is -3.45. The van der Waals surface area contributed by atoms with Crippen molar-refractivity contribution in [3.8, 4) is 5.69 Å². The molecule has 9 nitrogen and oxygen atoms in total. The summed E-state index contributed by atoms with van der Waals surface area (Å²) in [5, 5.41) is 6.84. The number of benzene rings is 2. The zero-order chi connectivity index (χ0) is 27.6. The number of amides is 2. The Morgan fingerprint density at radius 1 is 1.03 bits per heavy atom. The van der Waals surface area contributed by atoms with Crippen molar-refractivity contribution in [3.05, 3.63) is 81.3 Å². The minimum absolute atomic E-state index is 0.00615. The monoisotopic (exact) mass is 589 g/mol. The number of hydrogen-bond acceptors (Lipinski definition) is 7. The maximum atomic E-state index is 15.0. The second-order valence-electron chi connectivity index (χ2n) is 9.05. The third kappa shape index (κ3) is 6.25. The van der Waals surface area contributed by atoms with Crippen molar-refractivity contribution in [2.45, 2.75) is 17.1 Å². The highest BCUT2D eigenvalue weighted by molar-refractivity contribution is 7.92. The van der Waals surface area contributed by atoms with Gasteiger partial charge in [-0.3, -0.25) is 9.36 Å². The summed E-state index contributed by atoms with van der Waals surface area (Å²) in [6.07, 6.45) is 3.98. The molecular weight excluding hydrogens is 565 g/mol. The highest BCUT2D eigenvalue weighted by atomic mass is 35.5. The van der Waals surface area contributed by atoms with E-state index in [2.05, 4.69) is 15.5 Å². The van der Waals surface area contributed by atoms with Crippen LogP contribution in [0.5, 0.6) is 0 Å². The summed E-state index contributed by atoms with van der Waals surface area (Å²) in [7, 11) is -4.13. The van der Waals surface area contributed by atoms with Gasteiger partial charge >= 0.3 is 6.03 Å². The molecule has 0 atom stereocenters. The van der Waals surface area contributed by atoms with Crippen LogP contribution in [0, 0.1) is 5.82 Å². The lowest BCUT2D eigenvalue weighted by atomic mass is 10.1. The minimum Gasteiger partial charge on any atom is -0.384 e. The summed E-state index contributed by atoms with van der Waals surface area (Å²) < 4.78 is 42.8. The molecule has 1 saturated heterocycles. The van der Waals surface area contributed by atoms with Crippen LogP contribution in [0.25, 0.3) is 16.5 Å². The van der Waals surface area contributed by atoms with E-state index in [1.54, 1.807) is 12.1 Å². The fourth-order valence-electron chi connectivity index (χ4n) is 4.46. The van der Waals surface area contributed by atoms with Gasteiger partial charge < -0.3 is 15.5 Å². The van der Waals surface area contributed by atoms with Crippen LogP contribution < -0.4 is 20.9 Å². The molecule has 2 aromatic heterocycles. The van der Waals surface area contributed by atoms with Crippen LogP contribution in [0.4, 0.5) is 20.6 Å². The lowest BCUT2D eigenvalue weighted by Crippen LogP contribution is -2.34. The molecule has 1 aliphatic heterocycles. The Labute approximate surface area is 233 Å². The number of carbonyl (C=O) groups excluding carboxylic acids is 1. The average Bonchev–Trinajstić information content (AvgIpc) is 3.57. The topological polar surface area (TPSA) is 113 Å². The number of aromatic nitrogens is 1. The number of rotatable bonds is 8. The van der Waals surface area contributed by atoms with E-state index in [-0.39, 0.29) is 19.9 Å². The fourth-order valence-corrected chi connectivity index (χ4v) is 6.85. The zero-order valence-corrected chi connectivity index (χ0v) is 23.0. The number of likely N-dealkylation sites (tertiary alicyclic amines) is 1. The smallest absolute Gasteiger partial charge is 0.333 e. The highest BCUT2D eigenvalue weighted by Crippen LogP contribution is 2.25. The van der Waals surface area contributed by atoms with Gasteiger partial charge in [-0.15, -0.1) is 11.3 Å². The zero-order valence-electron chi connectivity index (χ0n) is 20.6. The van der Waals surface area contributed by atoms with Crippen molar-refractivity contribution in [3.63, 3.8) is 0 Å². The number of carbonyl (C=O) groups is 1. The van der Waals surface area contributed by atoms with Gasteiger partial charge in [0.15, 0.2) is 0 Å². The molecule has 1 fully saturated rings. The molecule has 2 amide bonds. The molecule has 0 bridgehead atoms. The van der Waals surface area contributed by atoms with Gasteiger partial charge in [0.1, 0.15) is 10.0 Å². The van der Waals surface area contributed by atoms with Crippen LogP contribution in [0.15, 0.2) is 69.8 Å². The summed E-state index contributed by atoms with van der Waals surface area (Å²) in [4.78, 5) is 27.8. The van der Waals surface area contributed by atoms with Crippen molar-refractivity contribution < 1.29 is 17.6 Å². The normalized spacial score (nSPS) is 14.0. The number of hydrogen-bond donors (Lipinski definition) is 3. The molecule has 204 valence electrons. The standard InChI is InChI=1S/C26H25ClFN5O4S2/c27-23-7-8-24(38-23)39(36,37)31-26(35)30-19-4-6-22(21(28)16-19)33-13-9-17-15-18(3-5-20(17)25(33)34)29-10-14-32-11-1-2-12-32/h3-9,13,15-16,29H,1-2,10-12,14H2,(H2,30,31,35). The van der Waals surface area contributed by atoms with Gasteiger partial charge in [0.2, 0.25) is 0 Å². The van der Waals surface area contributed by atoms with Crippen molar-refractivity contribution in [1.29, 1.82) is 0 Å². The fraction of sp³-hybridized carbons (Fsp3) is 0.231. The molecule has 13 heteroatoms. The van der Waals surface area contributed by atoms with Gasteiger partial charge in [0.05, 0.1) is 10.0 Å². The maximum absolute atomic E-state index is 15.0. The number of fused-ring (bicyclic) bond motifs is 1. The predicted octanol–water partition coefficient (Wildman–Crippen LogP) is 4.86. The molecule has 1 aliphatic rings. The van der Waals surface area contributed by atoms with Crippen LogP contribution in [0.3, 0.4) is 0 Å². The molecule has 2 aromatic carbocycles. The first-order valence-corrected chi connectivity index (χ1v) is 14.9. The van der Waals surface area contributed by atoms with E-state index in [0.29, 0.717) is 5.39 Å². The Morgan fingerprint density at radius 3 is 2.51 bits per heavy atom. The van der Waals surface area contributed by atoms with E-state index < -0.39 is 27.4 Å². The summed E-state index contributed by atoms with van der Waals surface area (Å²) in [5.41, 5.74) is 0.505. The van der Waals surface area contributed by atoms with E-state index in [1.807, 2.05) is 16.9 Å². The van der Waals surface area contributed by atoms with Crippen LogP contribution in [0.1, 0.15) is 12.8 Å². The third-order valence-corrected chi connectivity index (χ3v) is 9.42. The SMILES string of the molecule is O=C(Nc1ccc(-n2ccc3cc(NCCN4CCCC4)ccc3c2=O)c(F)c1)NS(=O)(=O)c1ccc(Cl)s1. The quantitative estimate of drug-likeness (QED) is 0.270. The first-order valence-electron chi connectivity index (χ1n) is 12.2. The summed E-state index contributed by atoms with van der Waals surface area (Å²) in [5.74, 6) is -0.776. The Balaban J connectivity index is 1.28. The van der Waals surface area contributed by atoms with Crippen LogP contribution >= 0.6 is 22.9 Å². The first-order chi connectivity index (χ1) is 18.7. The van der Waals surface area contributed by atoms with Crippen LogP contribution in [-0.2, 0) is 10.0 Å². The van der Waals surface area contributed by atoms with Gasteiger partial charge in [0.25, 0.3) is 15.6 Å². The predicted molar refractivity (Wildman–Crippen MR) is 152 cm³/mol. The number of thiophene rings is 1. The lowest BCUT2D eigenvalue weighted by Gasteiger charge is -2.15. The van der Waals surface area contributed by atoms with E-state index in [4.69, 9.17) is 11.6 Å². The largest absolute Gasteiger partial charge is 0.384 e. The first kappa shape index (κ1) is 27.1. The molecule has 3 heterocycles. The molecule has 4 aromatic rings. The van der Waals surface area contributed by atoms with Gasteiger partial charge in [-0.25, -0.2) is 22.3 Å². The molecule has 0 saturated carbocycles. The van der Waals surface area contributed by atoms with E-state index >= 15 is 4.39 Å². The second kappa shape index (κ2) is 11.3. The molecular formula is C26H25ClFN5O4S2. The average molecular weight is 590 g/mol. The number of nitrogens with one attached hydrogen (secondary N) is 3. The van der Waals surface area contributed by atoms with Gasteiger partial charge in [-0.05, 0) is 85.9 Å². The number of pyridine rings is 1. The molecule has 0 aliphatic carbocycles. The molecule has 3 N–H and O–H groups in total. The maximum Gasteiger partial charge on any atom is 0.333 e. The highest BCUT2D eigenvalue weighted by Gasteiger charge is 2.20. The third-order valence-electron chi connectivity index (χ3n) is 6.37. The molecule has 0 radical (unpaired) electrons. The number of urea groups is 1. The van der Waals surface area contributed by atoms with Crippen molar-refractivity contribution in [1.82, 2.24) is 14.2 Å². The van der Waals surface area contributed by atoms with E-state index in [9.17, 15) is 18.0 Å². The van der Waals surface area contributed by atoms with Gasteiger partial charge in [0, 0.05) is 36.0 Å². The van der Waals surface area contributed by atoms with Crippen LogP contribution in [0.2, 0.25) is 4.34 Å². The van der Waals surface area contributed by atoms with Crippen LogP contribution in [-0.4, -0.2) is 50.1 Å². The molecule has 0 spiro atoms. The van der Waals surface area contributed by atoms with Crippen molar-refractivity contribution in [2.24, 2.45) is 0 Å². The summed E-state index contributed by atoms with van der Waals surface area (Å²) >= 11 is 6.55. The molecule has 39 heavy (non-hydrogen) atoms. The molecule has 0 unspecified atom stereocenters. The lowest BCUT2D eigenvalue weighted by molar-refractivity contribution is 0.256. The number of sulfonamides is 1. The Bertz CT molecular complexity index is 1700. The number of nitrogens with zero attached hydrogens (tertiary/aromatic N) is 2. The van der Waals surface area contributed by atoms with Crippen molar-refractivity contribution in [2.75, 3.05) is 36.8 Å². The number of anilines is 2. The summed E-state index contributed by atoms with van der Waals surface area (Å²) in [6.45, 7) is 4.03. The van der Waals surface area contributed by atoms with Crippen molar-refractivity contribution >= 4 is 61.1 Å². The van der Waals surface area contributed by atoms with Gasteiger partial charge in [-0.1, -0.05) is 11.6 Å². The Morgan fingerprint density at radius 2 is 1.79 bits per heavy atom. The Kier molecular flexibility index (Phi) is 7.89. The minimum atomic E-state index is -4.13. The van der Waals surface area contributed by atoms with E-state index in [1.165, 1.54) is 47.9 Å². The molecule has 5 rings (SSSR count). The second-order valence-corrected chi connectivity index (χ2v) is 12.7. The van der Waals surface area contributed by atoms with Gasteiger partial charge in [-0.2, -0.15) is 0 Å². The van der Waals surface area contributed by atoms with E-state index in [0.717, 1.165) is 54.7 Å². The summed E-state index contributed by atoms with van der Waals surface area (Å²) in [6, 6.07) is 12.5. The number of halogens is 2.